The second-order valence-corrected chi connectivity index (χ2v) is 3.45. The molecule has 0 fully saturated rings. The van der Waals surface area contributed by atoms with E-state index in [0.29, 0.717) is 5.69 Å². The molecule has 0 amide bonds. The third kappa shape index (κ3) is 2.02. The van der Waals surface area contributed by atoms with Crippen LogP contribution >= 0.6 is 0 Å². The highest BCUT2D eigenvalue weighted by atomic mass is 16.6. The largest absolute Gasteiger partial charge is 0.367 e. The molecule has 0 N–H and O–H groups in total. The molecule has 1 aromatic rings. The van der Waals surface area contributed by atoms with Gasteiger partial charge in [-0.15, -0.1) is 0 Å². The van der Waals surface area contributed by atoms with E-state index in [2.05, 4.69) is 0 Å². The van der Waals surface area contributed by atoms with Crippen molar-refractivity contribution in [3.63, 3.8) is 0 Å². The average Bonchev–Trinajstić information content (AvgIpc) is 2.16. The molecule has 0 heterocycles. The first-order valence-corrected chi connectivity index (χ1v) is 4.50. The van der Waals surface area contributed by atoms with Gasteiger partial charge < -0.3 is 4.90 Å². The first kappa shape index (κ1) is 10.5. The van der Waals surface area contributed by atoms with E-state index in [4.69, 9.17) is 0 Å². The lowest BCUT2D eigenvalue weighted by molar-refractivity contribution is -0.384. The van der Waals surface area contributed by atoms with Gasteiger partial charge in [-0.3, -0.25) is 10.1 Å². The normalized spacial score (nSPS) is 10.3. The van der Waals surface area contributed by atoms with Crippen LogP contribution in [0.15, 0.2) is 24.3 Å². The number of rotatable bonds is 3. The minimum Gasteiger partial charge on any atom is -0.367 e. The van der Waals surface area contributed by atoms with Crippen molar-refractivity contribution in [3.8, 4) is 0 Å². The number of para-hydroxylation sites is 2. The number of nitro groups is 1. The third-order valence-corrected chi connectivity index (χ3v) is 2.23. The van der Waals surface area contributed by atoms with Crippen molar-refractivity contribution in [1.29, 1.82) is 0 Å². The topological polar surface area (TPSA) is 46.4 Å². The molecule has 1 aromatic carbocycles. The molecule has 0 aliphatic heterocycles. The van der Waals surface area contributed by atoms with E-state index in [1.807, 2.05) is 25.8 Å². The van der Waals surface area contributed by atoms with Crippen LogP contribution in [0.5, 0.6) is 0 Å². The van der Waals surface area contributed by atoms with Gasteiger partial charge in [0.1, 0.15) is 5.69 Å². The van der Waals surface area contributed by atoms with Crippen LogP contribution in [0.2, 0.25) is 0 Å². The summed E-state index contributed by atoms with van der Waals surface area (Å²) in [5.74, 6) is 0. The van der Waals surface area contributed by atoms with Crippen molar-refractivity contribution >= 4 is 11.4 Å². The van der Waals surface area contributed by atoms with Crippen molar-refractivity contribution in [2.45, 2.75) is 19.9 Å². The monoisotopic (exact) mass is 194 g/mol. The maximum atomic E-state index is 10.7. The molecule has 0 spiro atoms. The summed E-state index contributed by atoms with van der Waals surface area (Å²) in [6.07, 6.45) is 0. The first-order valence-electron chi connectivity index (χ1n) is 4.50. The molecular weight excluding hydrogens is 180 g/mol. The highest BCUT2D eigenvalue weighted by molar-refractivity contribution is 5.62. The highest BCUT2D eigenvalue weighted by Crippen LogP contribution is 2.27. The van der Waals surface area contributed by atoms with E-state index in [9.17, 15) is 10.1 Å². The van der Waals surface area contributed by atoms with Crippen molar-refractivity contribution in [2.75, 3.05) is 11.9 Å². The second kappa shape index (κ2) is 4.09. The molecule has 1 rings (SSSR count). The maximum absolute atomic E-state index is 10.7. The number of nitro benzene ring substituents is 1. The Bertz CT molecular complexity index is 337. The molecule has 0 bridgehead atoms. The van der Waals surface area contributed by atoms with E-state index in [0.717, 1.165) is 0 Å². The molecule has 0 atom stereocenters. The van der Waals surface area contributed by atoms with Crippen LogP contribution in [0, 0.1) is 10.1 Å². The highest BCUT2D eigenvalue weighted by Gasteiger charge is 2.17. The van der Waals surface area contributed by atoms with E-state index in [-0.39, 0.29) is 16.7 Å². The van der Waals surface area contributed by atoms with Crippen molar-refractivity contribution in [2.24, 2.45) is 0 Å². The summed E-state index contributed by atoms with van der Waals surface area (Å²) in [5.41, 5.74) is 0.816. The smallest absolute Gasteiger partial charge is 0.292 e. The van der Waals surface area contributed by atoms with Gasteiger partial charge in [0.25, 0.3) is 5.69 Å². The summed E-state index contributed by atoms with van der Waals surface area (Å²) < 4.78 is 0. The zero-order chi connectivity index (χ0) is 10.7. The summed E-state index contributed by atoms with van der Waals surface area (Å²) >= 11 is 0. The fraction of sp³-hybridized carbons (Fsp3) is 0.400. The molecule has 0 saturated carbocycles. The van der Waals surface area contributed by atoms with Gasteiger partial charge >= 0.3 is 0 Å². The summed E-state index contributed by atoms with van der Waals surface area (Å²) in [7, 11) is 1.85. The minimum absolute atomic E-state index is 0.156. The maximum Gasteiger partial charge on any atom is 0.292 e. The second-order valence-electron chi connectivity index (χ2n) is 3.45. The van der Waals surface area contributed by atoms with Crippen molar-refractivity contribution in [3.05, 3.63) is 34.4 Å². The van der Waals surface area contributed by atoms with E-state index < -0.39 is 0 Å². The predicted octanol–water partition coefficient (Wildman–Crippen LogP) is 2.44. The van der Waals surface area contributed by atoms with Crippen LogP contribution in [-0.4, -0.2) is 18.0 Å². The van der Waals surface area contributed by atoms with Crippen LogP contribution in [0.25, 0.3) is 0 Å². The van der Waals surface area contributed by atoms with E-state index in [1.54, 1.807) is 18.2 Å². The number of nitrogens with zero attached hydrogens (tertiary/aromatic N) is 2. The molecule has 0 aliphatic carbocycles. The lowest BCUT2D eigenvalue weighted by atomic mass is 10.2. The zero-order valence-corrected chi connectivity index (χ0v) is 8.60. The fourth-order valence-corrected chi connectivity index (χ4v) is 1.19. The van der Waals surface area contributed by atoms with Crippen molar-refractivity contribution in [1.82, 2.24) is 0 Å². The molecule has 0 unspecified atom stereocenters. The lowest BCUT2D eigenvalue weighted by Crippen LogP contribution is -2.26. The SMILES string of the molecule is CC(C)N(C)c1ccccc1[N+](=O)[O-]. The molecule has 4 heteroatoms. The third-order valence-electron chi connectivity index (χ3n) is 2.23. The Kier molecular flexibility index (Phi) is 3.06. The quantitative estimate of drug-likeness (QED) is 0.548. The Labute approximate surface area is 83.3 Å². The van der Waals surface area contributed by atoms with Gasteiger partial charge in [-0.1, -0.05) is 12.1 Å². The van der Waals surface area contributed by atoms with Gasteiger partial charge in [0, 0.05) is 19.2 Å². The predicted molar refractivity (Wildman–Crippen MR) is 56.6 cm³/mol. The average molecular weight is 194 g/mol. The molecular formula is C10H14N2O2. The Morgan fingerprint density at radius 3 is 2.43 bits per heavy atom. The molecule has 0 saturated heterocycles. The minimum atomic E-state index is -0.353. The van der Waals surface area contributed by atoms with E-state index in [1.165, 1.54) is 6.07 Å². The standard InChI is InChI=1S/C10H14N2O2/c1-8(2)11(3)9-6-4-5-7-10(9)12(13)14/h4-8H,1-3H3. The van der Waals surface area contributed by atoms with E-state index >= 15 is 0 Å². The number of hydrogen-bond donors (Lipinski definition) is 0. The molecule has 0 aromatic heterocycles. The summed E-state index contributed by atoms with van der Waals surface area (Å²) in [5, 5.41) is 10.7. The molecule has 4 nitrogen and oxygen atoms in total. The van der Waals surface area contributed by atoms with Gasteiger partial charge in [-0.25, -0.2) is 0 Å². The van der Waals surface area contributed by atoms with Gasteiger partial charge in [-0.2, -0.15) is 0 Å². The van der Waals surface area contributed by atoms with Crippen LogP contribution in [0.3, 0.4) is 0 Å². The summed E-state index contributed by atoms with van der Waals surface area (Å²) in [6.45, 7) is 3.99. The Morgan fingerprint density at radius 1 is 1.36 bits per heavy atom. The molecule has 76 valence electrons. The Balaban J connectivity index is 3.13. The molecule has 14 heavy (non-hydrogen) atoms. The number of anilines is 1. The van der Waals surface area contributed by atoms with Crippen LogP contribution in [0.1, 0.15) is 13.8 Å². The van der Waals surface area contributed by atoms with Gasteiger partial charge in [0.05, 0.1) is 4.92 Å². The molecule has 0 aliphatic rings. The van der Waals surface area contributed by atoms with Gasteiger partial charge in [0.2, 0.25) is 0 Å². The van der Waals surface area contributed by atoms with Crippen LogP contribution in [0.4, 0.5) is 11.4 Å². The van der Waals surface area contributed by atoms with Crippen molar-refractivity contribution < 1.29 is 4.92 Å². The Morgan fingerprint density at radius 2 is 1.93 bits per heavy atom. The first-order chi connectivity index (χ1) is 6.54. The zero-order valence-electron chi connectivity index (χ0n) is 8.60. The number of benzene rings is 1. The fourth-order valence-electron chi connectivity index (χ4n) is 1.19. The lowest BCUT2D eigenvalue weighted by Gasteiger charge is -2.23. The summed E-state index contributed by atoms with van der Waals surface area (Å²) in [4.78, 5) is 12.3. The van der Waals surface area contributed by atoms with Gasteiger partial charge in [-0.05, 0) is 19.9 Å². The van der Waals surface area contributed by atoms with Crippen LogP contribution < -0.4 is 4.90 Å². The molecule has 0 radical (unpaired) electrons. The van der Waals surface area contributed by atoms with Gasteiger partial charge in [0.15, 0.2) is 0 Å². The Hall–Kier alpha value is -1.58. The summed E-state index contributed by atoms with van der Waals surface area (Å²) in [6, 6.07) is 7.01. The van der Waals surface area contributed by atoms with Crippen LogP contribution in [-0.2, 0) is 0 Å². The number of hydrogen-bond acceptors (Lipinski definition) is 3.